The quantitative estimate of drug-likeness (QED) is 0.0400. The van der Waals surface area contributed by atoms with E-state index in [1.807, 2.05) is 84.9 Å². The summed E-state index contributed by atoms with van der Waals surface area (Å²) in [7, 11) is 1.71. The van der Waals surface area contributed by atoms with E-state index in [2.05, 4.69) is 38.5 Å². The highest BCUT2D eigenvalue weighted by atomic mass is 127. The molecule has 0 spiro atoms. The largest absolute Gasteiger partial charge is 0.391 e. The van der Waals surface area contributed by atoms with Crippen molar-refractivity contribution in [3.8, 4) is 11.1 Å². The molecule has 0 unspecified atom stereocenters. The van der Waals surface area contributed by atoms with Gasteiger partial charge in [0.2, 0.25) is 23.6 Å². The van der Waals surface area contributed by atoms with Crippen LogP contribution in [0.3, 0.4) is 0 Å². The summed E-state index contributed by atoms with van der Waals surface area (Å²) in [4.78, 5) is 91.9. The van der Waals surface area contributed by atoms with Crippen LogP contribution in [0, 0.1) is 11.8 Å². The molecule has 2 aliphatic heterocycles. The minimum Gasteiger partial charge on any atom is -0.391 e. The number of amides is 6. The molecule has 15 nitrogen and oxygen atoms in total. The first-order valence-electron chi connectivity index (χ1n) is 28.9. The van der Waals surface area contributed by atoms with Gasteiger partial charge in [0.05, 0.1) is 34.3 Å². The molecule has 4 aromatic rings. The monoisotopic (exact) mass is 1190 g/mol. The molecular weight excluding hydrogens is 1110 g/mol. The predicted octanol–water partition coefficient (Wildman–Crippen LogP) is 7.21. The van der Waals surface area contributed by atoms with Crippen molar-refractivity contribution in [1.82, 2.24) is 35.6 Å². The van der Waals surface area contributed by atoms with Gasteiger partial charge in [-0.2, -0.15) is 0 Å². The summed E-state index contributed by atoms with van der Waals surface area (Å²) in [6, 6.07) is 31.9. The third-order valence-corrected chi connectivity index (χ3v) is 17.5. The fraction of sp³-hybridized carbons (Fsp3) is 0.524. The maximum absolute atomic E-state index is 14.7. The summed E-state index contributed by atoms with van der Waals surface area (Å²) in [6.45, 7) is 5.03. The van der Waals surface area contributed by atoms with E-state index in [0.29, 0.717) is 49.9 Å². The number of β-amino-alcohol motifs (C(OH)–C–C–N with tert-alkyl or cyclic N) is 2. The Morgan fingerprint density at radius 1 is 0.557 bits per heavy atom. The number of nitrogens with zero attached hydrogens (tertiary/aromatic N) is 4. The van der Waals surface area contributed by atoms with E-state index in [-0.39, 0.29) is 77.4 Å². The van der Waals surface area contributed by atoms with Gasteiger partial charge in [0.1, 0.15) is 12.1 Å². The van der Waals surface area contributed by atoms with Crippen LogP contribution >= 0.6 is 22.6 Å². The van der Waals surface area contributed by atoms with Crippen LogP contribution in [0.2, 0.25) is 0 Å². The van der Waals surface area contributed by atoms with Gasteiger partial charge in [-0.25, -0.2) is 0 Å². The molecule has 16 heteroatoms. The second-order valence-electron chi connectivity index (χ2n) is 22.6. The van der Waals surface area contributed by atoms with Crippen molar-refractivity contribution in [2.45, 2.75) is 150 Å². The summed E-state index contributed by atoms with van der Waals surface area (Å²) >= 11 is 2.07. The van der Waals surface area contributed by atoms with Crippen LogP contribution in [-0.4, -0.2) is 158 Å². The number of likely N-dealkylation sites (N-methyl/N-ethyl adjacent to an activating group) is 1. The highest BCUT2D eigenvalue weighted by Gasteiger charge is 2.44. The molecule has 2 saturated carbocycles. The maximum Gasteiger partial charge on any atom is 0.253 e. The molecule has 79 heavy (non-hydrogen) atoms. The summed E-state index contributed by atoms with van der Waals surface area (Å²) in [5.41, 5.74) is 4.77. The van der Waals surface area contributed by atoms with Crippen LogP contribution < -0.4 is 16.0 Å². The molecular formula is C63H82IN7O8. The summed E-state index contributed by atoms with van der Waals surface area (Å²) in [5.74, 6) is -1.25. The van der Waals surface area contributed by atoms with Gasteiger partial charge in [0.15, 0.2) is 0 Å². The Balaban J connectivity index is 0.985. The topological polar surface area (TPSA) is 192 Å². The zero-order valence-corrected chi connectivity index (χ0v) is 48.5. The van der Waals surface area contributed by atoms with E-state index in [4.69, 9.17) is 0 Å². The predicted molar refractivity (Wildman–Crippen MR) is 315 cm³/mol. The van der Waals surface area contributed by atoms with Crippen molar-refractivity contribution in [3.63, 3.8) is 0 Å². The fourth-order valence-corrected chi connectivity index (χ4v) is 12.4. The van der Waals surface area contributed by atoms with E-state index in [1.165, 1.54) is 0 Å². The van der Waals surface area contributed by atoms with Crippen LogP contribution in [0.15, 0.2) is 109 Å². The molecule has 0 radical (unpaired) electrons. The van der Waals surface area contributed by atoms with Gasteiger partial charge in [0.25, 0.3) is 11.8 Å². The number of nitrogens with one attached hydrogen (secondary N) is 3. The Kier molecular flexibility index (Phi) is 21.5. The number of likely N-dealkylation sites (tertiary alicyclic amines) is 2. The van der Waals surface area contributed by atoms with Crippen LogP contribution in [0.4, 0.5) is 0 Å². The maximum atomic E-state index is 14.7. The van der Waals surface area contributed by atoms with Crippen molar-refractivity contribution in [1.29, 1.82) is 0 Å². The van der Waals surface area contributed by atoms with Gasteiger partial charge < -0.3 is 45.8 Å². The molecule has 424 valence electrons. The van der Waals surface area contributed by atoms with Gasteiger partial charge in [-0.1, -0.05) is 146 Å². The zero-order valence-electron chi connectivity index (χ0n) is 46.3. The van der Waals surface area contributed by atoms with Crippen molar-refractivity contribution >= 4 is 58.0 Å². The number of hydrogen-bond donors (Lipinski definition) is 5. The van der Waals surface area contributed by atoms with Crippen LogP contribution in [0.5, 0.6) is 0 Å². The number of alkyl halides is 1. The van der Waals surface area contributed by atoms with E-state index in [9.17, 15) is 39.0 Å². The van der Waals surface area contributed by atoms with Crippen molar-refractivity contribution in [2.75, 3.05) is 46.3 Å². The Bertz CT molecular complexity index is 2650. The molecule has 4 fully saturated rings. The minimum absolute atomic E-state index is 0.00599. The highest BCUT2D eigenvalue weighted by Crippen LogP contribution is 2.33. The van der Waals surface area contributed by atoms with Crippen LogP contribution in [0.25, 0.3) is 11.1 Å². The average molecular weight is 1190 g/mol. The molecule has 2 aliphatic carbocycles. The smallest absolute Gasteiger partial charge is 0.253 e. The molecule has 0 aromatic heterocycles. The van der Waals surface area contributed by atoms with Crippen molar-refractivity contribution in [3.05, 3.63) is 131 Å². The Morgan fingerprint density at radius 3 is 1.30 bits per heavy atom. The number of aliphatic hydroxyl groups excluding tert-OH is 2. The SMILES string of the molecule is CN[C@@H](C)C(=O)N[C@H](C(=O)N1C[C@@H](O)C[C@H]1CN(CCc1ccccc1)C(=O)c1ccc(-c2ccc(C(=O)N(CCc3ccccc3)C[C@@H]3C[C@H](O)CN3C(=O)[C@@H](NC(=O)[C@H](C)I)C3CCCCC3)cc2)cc1)C1CCCCC1. The van der Waals surface area contributed by atoms with Gasteiger partial charge in [-0.3, -0.25) is 28.8 Å². The van der Waals surface area contributed by atoms with E-state index >= 15 is 0 Å². The molecule has 6 amide bonds. The normalized spacial score (nSPS) is 21.4. The summed E-state index contributed by atoms with van der Waals surface area (Å²) in [5, 5.41) is 31.3. The first kappa shape index (κ1) is 59.4. The van der Waals surface area contributed by atoms with Gasteiger partial charge in [-0.15, -0.1) is 0 Å². The minimum atomic E-state index is -0.769. The third-order valence-electron chi connectivity index (χ3n) is 17.0. The molecule has 8 rings (SSSR count). The lowest BCUT2D eigenvalue weighted by atomic mass is 9.83. The van der Waals surface area contributed by atoms with Gasteiger partial charge in [-0.05, 0) is 131 Å². The number of benzene rings is 4. The molecule has 5 N–H and O–H groups in total. The number of carbonyl (C=O) groups excluding carboxylic acids is 6. The highest BCUT2D eigenvalue weighted by molar-refractivity contribution is 14.1. The van der Waals surface area contributed by atoms with Crippen LogP contribution in [-0.2, 0) is 32.0 Å². The van der Waals surface area contributed by atoms with Crippen molar-refractivity contribution in [2.24, 2.45) is 11.8 Å². The zero-order chi connectivity index (χ0) is 56.0. The second kappa shape index (κ2) is 28.6. The lowest BCUT2D eigenvalue weighted by Crippen LogP contribution is -2.57. The summed E-state index contributed by atoms with van der Waals surface area (Å²) < 4.78 is -0.318. The van der Waals surface area contributed by atoms with E-state index < -0.39 is 42.4 Å². The fourth-order valence-electron chi connectivity index (χ4n) is 12.3. The van der Waals surface area contributed by atoms with E-state index in [0.717, 1.165) is 86.5 Å². The number of hydrogen-bond acceptors (Lipinski definition) is 9. The Morgan fingerprint density at radius 2 is 0.937 bits per heavy atom. The number of aliphatic hydroxyl groups is 2. The van der Waals surface area contributed by atoms with Gasteiger partial charge in [0, 0.05) is 50.4 Å². The number of rotatable bonds is 22. The summed E-state index contributed by atoms with van der Waals surface area (Å²) in [6.07, 6.45) is 9.79. The first-order valence-corrected chi connectivity index (χ1v) is 30.2. The lowest BCUT2D eigenvalue weighted by Gasteiger charge is -2.36. The Hall–Kier alpha value is -5.69. The molecule has 4 aromatic carbocycles. The van der Waals surface area contributed by atoms with Crippen molar-refractivity contribution < 1.29 is 39.0 Å². The first-order chi connectivity index (χ1) is 38.2. The molecule has 2 heterocycles. The number of carbonyl (C=O) groups is 6. The third kappa shape index (κ3) is 15.8. The molecule has 2 saturated heterocycles. The average Bonchev–Trinajstić information content (AvgIpc) is 4.14. The van der Waals surface area contributed by atoms with Gasteiger partial charge >= 0.3 is 0 Å². The molecule has 0 bridgehead atoms. The number of halogens is 1. The van der Waals surface area contributed by atoms with Crippen LogP contribution in [0.1, 0.15) is 123 Å². The molecule has 8 atom stereocenters. The standard InChI is InChI=1S/C63H82IN7O8/c1-42(64)58(74)66-56(48-20-12-6-13-21-48)62(78)70-40-54(72)36-52(70)38-68(34-32-44-16-8-4-9-17-44)60(76)50-28-24-46(25-29-50)47-26-30-51(31-27-47)61(77)69(35-33-45-18-10-5-11-19-45)39-53-37-55(73)41-71(53)63(79)57(49-22-14-7-15-23-49)67-59(75)43(2)65-3/h4-5,8-11,16-19,24-31,42-43,48-49,52-57,65,72-73H,6-7,12-15,20-23,32-41H2,1-3H3,(H,66,74)(H,67,75)/t42-,43-,52-,53-,54-,55-,56-,57-/m0/s1. The van der Waals surface area contributed by atoms with E-state index in [1.54, 1.807) is 64.8 Å². The Labute approximate surface area is 480 Å². The molecule has 4 aliphatic rings. The second-order valence-corrected chi connectivity index (χ2v) is 24.5. The lowest BCUT2D eigenvalue weighted by molar-refractivity contribution is -0.140.